The molecule has 5 heteroatoms. The van der Waals surface area contributed by atoms with Crippen molar-refractivity contribution in [3.05, 3.63) is 77.1 Å². The summed E-state index contributed by atoms with van der Waals surface area (Å²) in [7, 11) is 0. The lowest BCUT2D eigenvalue weighted by Gasteiger charge is -2.32. The smallest absolute Gasteiger partial charge is 0.159 e. The van der Waals surface area contributed by atoms with E-state index in [1.165, 1.54) is 19.1 Å². The van der Waals surface area contributed by atoms with Crippen LogP contribution >= 0.6 is 0 Å². The van der Waals surface area contributed by atoms with Gasteiger partial charge in [-0.25, -0.2) is 4.39 Å². The number of aliphatic hydroxyl groups is 1. The monoisotopic (exact) mass is 356 g/mol. The summed E-state index contributed by atoms with van der Waals surface area (Å²) >= 11 is 0. The molecule has 3 unspecified atom stereocenters. The third-order valence-electron chi connectivity index (χ3n) is 4.39. The minimum absolute atomic E-state index is 0.00743. The van der Waals surface area contributed by atoms with Crippen molar-refractivity contribution in [1.29, 1.82) is 0 Å². The highest BCUT2D eigenvalue weighted by molar-refractivity contribution is 5.94. The maximum absolute atomic E-state index is 13.2. The fraction of sp³-hybridized carbons (Fsp3) is 0.286. The highest BCUT2D eigenvalue weighted by atomic mass is 19.1. The molecule has 0 saturated heterocycles. The zero-order valence-corrected chi connectivity index (χ0v) is 14.7. The van der Waals surface area contributed by atoms with Crippen LogP contribution in [0.4, 0.5) is 4.39 Å². The van der Waals surface area contributed by atoms with E-state index in [9.17, 15) is 14.3 Å². The Hall–Kier alpha value is -2.50. The highest BCUT2D eigenvalue weighted by Gasteiger charge is 2.29. The third kappa shape index (κ3) is 4.00. The molecule has 0 radical (unpaired) electrons. The Kier molecular flexibility index (Phi) is 5.49. The Balaban J connectivity index is 1.76. The first kappa shape index (κ1) is 18.3. The van der Waals surface area contributed by atoms with Gasteiger partial charge in [-0.3, -0.25) is 4.79 Å². The average Bonchev–Trinajstić information content (AvgIpc) is 2.64. The Morgan fingerprint density at radius 3 is 2.54 bits per heavy atom. The number of carbonyl (C=O) groups excluding carboxylic acids is 1. The maximum atomic E-state index is 13.2. The Morgan fingerprint density at radius 1 is 1.19 bits per heavy atom. The summed E-state index contributed by atoms with van der Waals surface area (Å²) in [6.07, 6.45) is 2.34. The lowest BCUT2D eigenvalue weighted by atomic mass is 10.0. The molecule has 0 aromatic heterocycles. The summed E-state index contributed by atoms with van der Waals surface area (Å²) in [5.41, 5.74) is 2.21. The molecule has 3 rings (SSSR count). The summed E-state index contributed by atoms with van der Waals surface area (Å²) < 4.78 is 25.1. The van der Waals surface area contributed by atoms with Crippen molar-refractivity contribution in [1.82, 2.24) is 0 Å². The summed E-state index contributed by atoms with van der Waals surface area (Å²) in [5.74, 6) is 0.235. The Morgan fingerprint density at radius 2 is 1.92 bits per heavy atom. The van der Waals surface area contributed by atoms with Crippen LogP contribution in [0.25, 0.3) is 0 Å². The first-order chi connectivity index (χ1) is 12.5. The van der Waals surface area contributed by atoms with Gasteiger partial charge in [0, 0.05) is 5.56 Å². The van der Waals surface area contributed by atoms with Crippen molar-refractivity contribution in [2.45, 2.75) is 32.2 Å². The molecule has 0 bridgehead atoms. The molecule has 3 atom stereocenters. The number of hydrogen-bond acceptors (Lipinski definition) is 4. The molecule has 0 spiro atoms. The molecule has 1 aliphatic heterocycles. The number of aliphatic hydroxyl groups excluding tert-OH is 1. The predicted octanol–water partition coefficient (Wildman–Crippen LogP) is 3.77. The third-order valence-corrected chi connectivity index (χ3v) is 4.39. The number of benzene rings is 2. The first-order valence-electron chi connectivity index (χ1n) is 8.46. The van der Waals surface area contributed by atoms with Crippen molar-refractivity contribution >= 4 is 5.78 Å². The highest BCUT2D eigenvalue weighted by Crippen LogP contribution is 2.29. The van der Waals surface area contributed by atoms with Gasteiger partial charge >= 0.3 is 0 Å². The molecule has 0 saturated carbocycles. The van der Waals surface area contributed by atoms with Gasteiger partial charge in [-0.15, -0.1) is 0 Å². The van der Waals surface area contributed by atoms with Crippen LogP contribution in [0.15, 0.2) is 54.6 Å². The van der Waals surface area contributed by atoms with Crippen LogP contribution in [0, 0.1) is 12.7 Å². The van der Waals surface area contributed by atoms with E-state index in [4.69, 9.17) is 9.47 Å². The second-order valence-corrected chi connectivity index (χ2v) is 6.33. The van der Waals surface area contributed by atoms with Crippen molar-refractivity contribution < 1.29 is 23.8 Å². The van der Waals surface area contributed by atoms with E-state index >= 15 is 0 Å². The van der Waals surface area contributed by atoms with Crippen molar-refractivity contribution in [2.75, 3.05) is 6.61 Å². The molecule has 136 valence electrons. The van der Waals surface area contributed by atoms with E-state index in [0.717, 1.165) is 5.56 Å². The van der Waals surface area contributed by atoms with E-state index in [-0.39, 0.29) is 24.3 Å². The van der Waals surface area contributed by atoms with Crippen molar-refractivity contribution in [3.8, 4) is 5.75 Å². The second-order valence-electron chi connectivity index (χ2n) is 6.33. The molecule has 1 heterocycles. The largest absolute Gasteiger partial charge is 0.483 e. The molecular weight excluding hydrogens is 335 g/mol. The van der Waals surface area contributed by atoms with Crippen LogP contribution in [0.2, 0.25) is 0 Å². The summed E-state index contributed by atoms with van der Waals surface area (Å²) in [5, 5.41) is 9.69. The minimum Gasteiger partial charge on any atom is -0.483 e. The van der Waals surface area contributed by atoms with E-state index in [1.54, 1.807) is 25.1 Å². The second kappa shape index (κ2) is 7.81. The summed E-state index contributed by atoms with van der Waals surface area (Å²) in [4.78, 5) is 11.4. The van der Waals surface area contributed by atoms with Gasteiger partial charge in [0.1, 0.15) is 29.9 Å². The number of halogens is 1. The number of Topliss-reactive ketones (excluding diaryl/α,β-unsaturated/α-hetero) is 1. The van der Waals surface area contributed by atoms with Crippen LogP contribution in [-0.2, 0) is 4.74 Å². The molecule has 26 heavy (non-hydrogen) atoms. The van der Waals surface area contributed by atoms with E-state index in [2.05, 4.69) is 0 Å². The van der Waals surface area contributed by atoms with Gasteiger partial charge in [0.2, 0.25) is 0 Å². The topological polar surface area (TPSA) is 55.8 Å². The van der Waals surface area contributed by atoms with Gasteiger partial charge in [0.25, 0.3) is 0 Å². The SMILES string of the molecule is CC(=O)c1ccc(C2C=CC(Oc3ccc(F)cc3C)C(CO)O2)cc1. The summed E-state index contributed by atoms with van der Waals surface area (Å²) in [6.45, 7) is 3.07. The fourth-order valence-corrected chi connectivity index (χ4v) is 2.90. The number of hydrogen-bond donors (Lipinski definition) is 1. The lowest BCUT2D eigenvalue weighted by molar-refractivity contribution is -0.0733. The minimum atomic E-state index is -0.554. The Labute approximate surface area is 151 Å². The van der Waals surface area contributed by atoms with Gasteiger partial charge in [0.15, 0.2) is 5.78 Å². The van der Waals surface area contributed by atoms with Crippen LogP contribution < -0.4 is 4.74 Å². The van der Waals surface area contributed by atoms with Gasteiger partial charge in [0.05, 0.1) is 6.61 Å². The van der Waals surface area contributed by atoms with E-state index in [1.807, 2.05) is 24.3 Å². The fourth-order valence-electron chi connectivity index (χ4n) is 2.90. The Bertz CT molecular complexity index is 813. The molecule has 1 N–H and O–H groups in total. The first-order valence-corrected chi connectivity index (χ1v) is 8.46. The van der Waals surface area contributed by atoms with Crippen LogP contribution in [0.5, 0.6) is 5.75 Å². The van der Waals surface area contributed by atoms with Gasteiger partial charge < -0.3 is 14.6 Å². The quantitative estimate of drug-likeness (QED) is 0.654. The number of ether oxygens (including phenoxy) is 2. The van der Waals surface area contributed by atoms with Gasteiger partial charge in [-0.05, 0) is 49.2 Å². The van der Waals surface area contributed by atoms with Crippen LogP contribution in [0.3, 0.4) is 0 Å². The van der Waals surface area contributed by atoms with E-state index in [0.29, 0.717) is 16.9 Å². The van der Waals surface area contributed by atoms with E-state index < -0.39 is 12.2 Å². The lowest BCUT2D eigenvalue weighted by Crippen LogP contribution is -2.39. The maximum Gasteiger partial charge on any atom is 0.159 e. The van der Waals surface area contributed by atoms with Gasteiger partial charge in [-0.1, -0.05) is 30.3 Å². The molecule has 2 aromatic carbocycles. The van der Waals surface area contributed by atoms with Gasteiger partial charge in [-0.2, -0.15) is 0 Å². The number of ketones is 1. The number of rotatable bonds is 5. The van der Waals surface area contributed by atoms with Crippen LogP contribution in [0.1, 0.15) is 34.5 Å². The number of aryl methyl sites for hydroxylation is 1. The summed E-state index contributed by atoms with van der Waals surface area (Å²) in [6, 6.07) is 11.5. The normalized spacial score (nSPS) is 22.2. The molecule has 2 aromatic rings. The molecule has 0 fully saturated rings. The van der Waals surface area contributed by atoms with Crippen molar-refractivity contribution in [2.24, 2.45) is 0 Å². The molecule has 0 amide bonds. The average molecular weight is 356 g/mol. The zero-order valence-electron chi connectivity index (χ0n) is 14.7. The molecular formula is C21H21FO4. The standard InChI is InChI=1S/C21H21FO4/c1-13-11-17(22)7-8-18(13)25-20-10-9-19(26-21(20)12-23)16-5-3-15(4-6-16)14(2)24/h3-11,19-21,23H,12H2,1-2H3. The molecule has 0 aliphatic carbocycles. The van der Waals surface area contributed by atoms with Crippen LogP contribution in [-0.4, -0.2) is 29.7 Å². The van der Waals surface area contributed by atoms with Crippen molar-refractivity contribution in [3.63, 3.8) is 0 Å². The molecule has 4 nitrogen and oxygen atoms in total. The number of carbonyl (C=O) groups is 1. The zero-order chi connectivity index (χ0) is 18.7. The molecule has 1 aliphatic rings. The predicted molar refractivity (Wildman–Crippen MR) is 95.8 cm³/mol.